The molecule has 27 heavy (non-hydrogen) atoms. The lowest BCUT2D eigenvalue weighted by atomic mass is 9.97. The van der Waals surface area contributed by atoms with Gasteiger partial charge in [-0.05, 0) is 55.9 Å². The second-order valence-electron chi connectivity index (χ2n) is 6.86. The van der Waals surface area contributed by atoms with Crippen LogP contribution in [0.5, 0.6) is 11.5 Å². The third-order valence-electron chi connectivity index (χ3n) is 4.93. The minimum absolute atomic E-state index is 0.544. The summed E-state index contributed by atoms with van der Waals surface area (Å²) in [7, 11) is 0. The maximum absolute atomic E-state index is 6.39. The third kappa shape index (κ3) is 3.28. The predicted octanol–water partition coefficient (Wildman–Crippen LogP) is 5.60. The number of aromatic nitrogens is 2. The van der Waals surface area contributed by atoms with Gasteiger partial charge < -0.3 is 9.47 Å². The number of hydrogen-bond donors (Lipinski definition) is 0. The highest BCUT2D eigenvalue weighted by atomic mass is 35.5. The standard InChI is InChI=1S/C20H19ClN2O2S2/c1-11-22-19(17-13-4-2-3-5-16(13)27-20(17)23-11)26-10-12-8-14(21)18-15(9-12)24-6-7-25-18/h8-9H,2-7,10H2,1H3. The Bertz CT molecular complexity index is 1030. The Morgan fingerprint density at radius 3 is 2.93 bits per heavy atom. The monoisotopic (exact) mass is 418 g/mol. The number of thiophene rings is 1. The van der Waals surface area contributed by atoms with Crippen molar-refractivity contribution in [2.75, 3.05) is 13.2 Å². The molecule has 3 aromatic rings. The lowest BCUT2D eigenvalue weighted by Crippen LogP contribution is -2.15. The maximum atomic E-state index is 6.39. The summed E-state index contributed by atoms with van der Waals surface area (Å²) in [5.41, 5.74) is 2.59. The summed E-state index contributed by atoms with van der Waals surface area (Å²) in [4.78, 5) is 12.1. The van der Waals surface area contributed by atoms with Crippen molar-refractivity contribution < 1.29 is 9.47 Å². The number of aryl methyl sites for hydroxylation is 3. The average Bonchev–Trinajstić information content (AvgIpc) is 3.04. The van der Waals surface area contributed by atoms with Gasteiger partial charge in [-0.2, -0.15) is 0 Å². The van der Waals surface area contributed by atoms with E-state index >= 15 is 0 Å². The number of benzene rings is 1. The van der Waals surface area contributed by atoms with Gasteiger partial charge in [-0.25, -0.2) is 9.97 Å². The van der Waals surface area contributed by atoms with Gasteiger partial charge in [0.15, 0.2) is 11.5 Å². The van der Waals surface area contributed by atoms with E-state index in [0.29, 0.717) is 24.0 Å². The number of hydrogen-bond acceptors (Lipinski definition) is 6. The molecule has 0 atom stereocenters. The largest absolute Gasteiger partial charge is 0.486 e. The van der Waals surface area contributed by atoms with Crippen LogP contribution < -0.4 is 9.47 Å². The first-order valence-electron chi connectivity index (χ1n) is 9.19. The third-order valence-corrected chi connectivity index (χ3v) is 7.44. The van der Waals surface area contributed by atoms with E-state index in [9.17, 15) is 0 Å². The van der Waals surface area contributed by atoms with Crippen molar-refractivity contribution in [3.63, 3.8) is 0 Å². The molecule has 140 valence electrons. The molecule has 0 spiro atoms. The van der Waals surface area contributed by atoms with Gasteiger partial charge in [0.1, 0.15) is 28.9 Å². The van der Waals surface area contributed by atoms with Crippen molar-refractivity contribution in [3.8, 4) is 11.5 Å². The van der Waals surface area contributed by atoms with Crippen LogP contribution in [0.4, 0.5) is 0 Å². The number of halogens is 1. The summed E-state index contributed by atoms with van der Waals surface area (Å²) in [6.45, 7) is 3.08. The van der Waals surface area contributed by atoms with Crippen LogP contribution in [0.2, 0.25) is 5.02 Å². The SMILES string of the molecule is Cc1nc(SCc2cc(Cl)c3c(c2)OCCO3)c2c3c(sc2n1)CCCC3. The van der Waals surface area contributed by atoms with E-state index in [1.807, 2.05) is 30.4 Å². The topological polar surface area (TPSA) is 44.2 Å². The zero-order chi connectivity index (χ0) is 18.4. The minimum Gasteiger partial charge on any atom is -0.486 e. The van der Waals surface area contributed by atoms with Gasteiger partial charge in [0.25, 0.3) is 0 Å². The van der Waals surface area contributed by atoms with Gasteiger partial charge in [-0.3, -0.25) is 0 Å². The van der Waals surface area contributed by atoms with Crippen LogP contribution >= 0.6 is 34.7 Å². The van der Waals surface area contributed by atoms with Gasteiger partial charge in [0.05, 0.1) is 5.02 Å². The van der Waals surface area contributed by atoms with E-state index in [2.05, 4.69) is 0 Å². The molecule has 5 rings (SSSR count). The van der Waals surface area contributed by atoms with Crippen molar-refractivity contribution in [1.29, 1.82) is 0 Å². The molecule has 1 aliphatic heterocycles. The number of rotatable bonds is 3. The molecule has 0 N–H and O–H groups in total. The Balaban J connectivity index is 1.48. The second kappa shape index (κ2) is 7.15. The molecule has 2 aliphatic rings. The quantitative estimate of drug-likeness (QED) is 0.409. The highest BCUT2D eigenvalue weighted by molar-refractivity contribution is 7.98. The summed E-state index contributed by atoms with van der Waals surface area (Å²) < 4.78 is 11.3. The Kier molecular flexibility index (Phi) is 4.66. The summed E-state index contributed by atoms with van der Waals surface area (Å²) in [5, 5.41) is 2.97. The molecule has 0 saturated heterocycles. The smallest absolute Gasteiger partial charge is 0.179 e. The highest BCUT2D eigenvalue weighted by Gasteiger charge is 2.21. The number of thioether (sulfide) groups is 1. The molecule has 1 aliphatic carbocycles. The Hall–Kier alpha value is -1.50. The molecule has 0 unspecified atom stereocenters. The first-order chi connectivity index (χ1) is 13.2. The van der Waals surface area contributed by atoms with Crippen LogP contribution in [0, 0.1) is 6.92 Å². The molecule has 0 amide bonds. The molecule has 0 radical (unpaired) electrons. The molecule has 7 heteroatoms. The number of nitrogens with zero attached hydrogens (tertiary/aromatic N) is 2. The zero-order valence-corrected chi connectivity index (χ0v) is 17.4. The summed E-state index contributed by atoms with van der Waals surface area (Å²) in [6.07, 6.45) is 4.86. The molecular weight excluding hydrogens is 400 g/mol. The van der Waals surface area contributed by atoms with Crippen LogP contribution in [0.3, 0.4) is 0 Å². The van der Waals surface area contributed by atoms with Crippen LogP contribution in [-0.4, -0.2) is 23.2 Å². The van der Waals surface area contributed by atoms with Crippen molar-refractivity contribution in [1.82, 2.24) is 9.97 Å². The molecule has 3 heterocycles. The van der Waals surface area contributed by atoms with Gasteiger partial charge in [0.2, 0.25) is 0 Å². The summed E-state index contributed by atoms with van der Waals surface area (Å²) in [5.74, 6) is 3.01. The molecule has 2 aromatic heterocycles. The van der Waals surface area contributed by atoms with E-state index < -0.39 is 0 Å². The highest BCUT2D eigenvalue weighted by Crippen LogP contribution is 2.42. The molecule has 0 saturated carbocycles. The van der Waals surface area contributed by atoms with Crippen LogP contribution in [-0.2, 0) is 18.6 Å². The van der Waals surface area contributed by atoms with E-state index in [1.165, 1.54) is 35.1 Å². The van der Waals surface area contributed by atoms with Crippen molar-refractivity contribution in [2.24, 2.45) is 0 Å². The normalized spacial score (nSPS) is 15.8. The fraction of sp³-hybridized carbons (Fsp3) is 0.400. The van der Waals surface area contributed by atoms with Gasteiger partial charge >= 0.3 is 0 Å². The van der Waals surface area contributed by atoms with E-state index in [-0.39, 0.29) is 0 Å². The maximum Gasteiger partial charge on any atom is 0.179 e. The molecule has 4 nitrogen and oxygen atoms in total. The van der Waals surface area contributed by atoms with Gasteiger partial charge in [-0.1, -0.05) is 11.6 Å². The van der Waals surface area contributed by atoms with Crippen LogP contribution in [0.25, 0.3) is 10.2 Å². The van der Waals surface area contributed by atoms with Crippen LogP contribution in [0.15, 0.2) is 17.2 Å². The summed E-state index contributed by atoms with van der Waals surface area (Å²) >= 11 is 9.99. The van der Waals surface area contributed by atoms with Crippen LogP contribution in [0.1, 0.15) is 34.7 Å². The second-order valence-corrected chi connectivity index (χ2v) is 9.31. The van der Waals surface area contributed by atoms with Gasteiger partial charge in [0, 0.05) is 16.0 Å². The lowest BCUT2D eigenvalue weighted by Gasteiger charge is -2.20. The first kappa shape index (κ1) is 17.6. The van der Waals surface area contributed by atoms with Gasteiger partial charge in [-0.15, -0.1) is 23.1 Å². The van der Waals surface area contributed by atoms with E-state index in [4.69, 9.17) is 31.0 Å². The molecule has 0 fully saturated rings. The number of ether oxygens (including phenoxy) is 2. The molecular formula is C20H19ClN2O2S2. The molecule has 1 aromatic carbocycles. The van der Waals surface area contributed by atoms with Crippen molar-refractivity contribution in [2.45, 2.75) is 43.4 Å². The Morgan fingerprint density at radius 1 is 1.15 bits per heavy atom. The number of fused-ring (bicyclic) bond motifs is 4. The van der Waals surface area contributed by atoms with E-state index in [1.54, 1.807) is 11.8 Å². The Morgan fingerprint density at radius 2 is 2.00 bits per heavy atom. The van der Waals surface area contributed by atoms with Crippen molar-refractivity contribution >= 4 is 44.9 Å². The minimum atomic E-state index is 0.544. The fourth-order valence-electron chi connectivity index (χ4n) is 3.73. The Labute approximate surface area is 171 Å². The fourth-order valence-corrected chi connectivity index (χ4v) is 6.42. The zero-order valence-electron chi connectivity index (χ0n) is 15.0. The van der Waals surface area contributed by atoms with E-state index in [0.717, 1.165) is 39.2 Å². The first-order valence-corrected chi connectivity index (χ1v) is 11.4. The average molecular weight is 419 g/mol. The van der Waals surface area contributed by atoms with Crippen molar-refractivity contribution in [3.05, 3.63) is 39.0 Å². The molecule has 0 bridgehead atoms. The predicted molar refractivity (Wildman–Crippen MR) is 111 cm³/mol. The summed E-state index contributed by atoms with van der Waals surface area (Å²) in [6, 6.07) is 4.00. The lowest BCUT2D eigenvalue weighted by molar-refractivity contribution is 0.171.